The van der Waals surface area contributed by atoms with E-state index in [4.69, 9.17) is 0 Å². The van der Waals surface area contributed by atoms with Crippen molar-refractivity contribution in [2.75, 3.05) is 11.4 Å². The average Bonchev–Trinajstić information content (AvgIpc) is 2.98. The second kappa shape index (κ2) is 4.23. The Morgan fingerprint density at radius 1 is 1.28 bits per heavy atom. The lowest BCUT2D eigenvalue weighted by Crippen LogP contribution is -2.32. The molecular weight excluding hydrogens is 232 g/mol. The number of amides is 1. The van der Waals surface area contributed by atoms with E-state index in [1.54, 1.807) is 22.0 Å². The standard InChI is InChI=1S/C12H12N4O2/c17-11-9-3-1-2-4-10(9)16(12(11)18)6-5-15-8-13-7-14-15/h1-4,7-8,11,17H,5-6H2. The van der Waals surface area contributed by atoms with Crippen molar-refractivity contribution in [3.8, 4) is 0 Å². The number of fused-ring (bicyclic) bond motifs is 1. The van der Waals surface area contributed by atoms with Gasteiger partial charge < -0.3 is 10.0 Å². The Morgan fingerprint density at radius 3 is 2.89 bits per heavy atom. The van der Waals surface area contributed by atoms with Crippen molar-refractivity contribution >= 4 is 11.6 Å². The van der Waals surface area contributed by atoms with Gasteiger partial charge in [-0.05, 0) is 6.07 Å². The minimum Gasteiger partial charge on any atom is -0.378 e. The Balaban J connectivity index is 1.82. The van der Waals surface area contributed by atoms with Gasteiger partial charge in [0.25, 0.3) is 5.91 Å². The first-order valence-electron chi connectivity index (χ1n) is 5.68. The molecule has 3 rings (SSSR count). The first-order chi connectivity index (χ1) is 8.77. The molecule has 1 aromatic carbocycles. The van der Waals surface area contributed by atoms with Crippen LogP contribution in [-0.4, -0.2) is 32.3 Å². The van der Waals surface area contributed by atoms with Crippen LogP contribution in [0.4, 0.5) is 5.69 Å². The number of carbonyl (C=O) groups is 1. The molecule has 0 saturated carbocycles. The van der Waals surface area contributed by atoms with Crippen molar-refractivity contribution in [2.24, 2.45) is 0 Å². The predicted molar refractivity (Wildman–Crippen MR) is 63.8 cm³/mol. The van der Waals surface area contributed by atoms with Crippen molar-refractivity contribution < 1.29 is 9.90 Å². The number of hydrogen-bond donors (Lipinski definition) is 1. The van der Waals surface area contributed by atoms with Crippen LogP contribution in [0, 0.1) is 0 Å². The normalized spacial score (nSPS) is 18.2. The molecule has 0 fully saturated rings. The molecule has 2 heterocycles. The average molecular weight is 244 g/mol. The summed E-state index contributed by atoms with van der Waals surface area (Å²) in [6, 6.07) is 7.28. The molecule has 0 spiro atoms. The number of aliphatic hydroxyl groups excluding tert-OH is 1. The highest BCUT2D eigenvalue weighted by Gasteiger charge is 2.35. The zero-order valence-electron chi connectivity index (χ0n) is 9.60. The van der Waals surface area contributed by atoms with E-state index in [1.807, 2.05) is 18.2 Å². The second-order valence-corrected chi connectivity index (χ2v) is 4.11. The van der Waals surface area contributed by atoms with Crippen LogP contribution in [0.15, 0.2) is 36.9 Å². The van der Waals surface area contributed by atoms with Crippen molar-refractivity contribution in [3.63, 3.8) is 0 Å². The molecule has 1 aliphatic heterocycles. The zero-order chi connectivity index (χ0) is 12.5. The third-order valence-electron chi connectivity index (χ3n) is 3.04. The molecule has 1 amide bonds. The highest BCUT2D eigenvalue weighted by molar-refractivity contribution is 6.03. The van der Waals surface area contributed by atoms with Crippen LogP contribution in [-0.2, 0) is 11.3 Å². The van der Waals surface area contributed by atoms with E-state index in [2.05, 4.69) is 10.1 Å². The number of nitrogens with zero attached hydrogens (tertiary/aromatic N) is 4. The summed E-state index contributed by atoms with van der Waals surface area (Å²) < 4.78 is 1.65. The fourth-order valence-electron chi connectivity index (χ4n) is 2.15. The minimum absolute atomic E-state index is 0.281. The Kier molecular flexibility index (Phi) is 2.56. The summed E-state index contributed by atoms with van der Waals surface area (Å²) in [7, 11) is 0. The maximum absolute atomic E-state index is 12.0. The first-order valence-corrected chi connectivity index (χ1v) is 5.68. The SMILES string of the molecule is O=C1C(O)c2ccccc2N1CCn1cncn1. The van der Waals surface area contributed by atoms with Gasteiger partial charge in [0.05, 0.1) is 12.2 Å². The second-order valence-electron chi connectivity index (χ2n) is 4.11. The van der Waals surface area contributed by atoms with Gasteiger partial charge in [-0.2, -0.15) is 5.10 Å². The lowest BCUT2D eigenvalue weighted by Gasteiger charge is -2.16. The molecule has 1 aliphatic rings. The largest absolute Gasteiger partial charge is 0.378 e. The molecule has 92 valence electrons. The fourth-order valence-corrected chi connectivity index (χ4v) is 2.15. The molecule has 1 N–H and O–H groups in total. The highest BCUT2D eigenvalue weighted by Crippen LogP contribution is 2.35. The van der Waals surface area contributed by atoms with Gasteiger partial charge in [-0.25, -0.2) is 4.98 Å². The van der Waals surface area contributed by atoms with Gasteiger partial charge in [-0.3, -0.25) is 9.48 Å². The minimum atomic E-state index is -1.04. The number of anilines is 1. The van der Waals surface area contributed by atoms with Crippen LogP contribution in [0.1, 0.15) is 11.7 Å². The molecular formula is C12H12N4O2. The first kappa shape index (κ1) is 10.9. The predicted octanol–water partition coefficient (Wildman–Crippen LogP) is 0.358. The summed E-state index contributed by atoms with van der Waals surface area (Å²) in [6.07, 6.45) is 2.01. The summed E-state index contributed by atoms with van der Waals surface area (Å²) in [6.45, 7) is 1.02. The highest BCUT2D eigenvalue weighted by atomic mass is 16.3. The van der Waals surface area contributed by atoms with E-state index in [9.17, 15) is 9.90 Å². The van der Waals surface area contributed by atoms with Gasteiger partial charge in [-0.15, -0.1) is 0 Å². The smallest absolute Gasteiger partial charge is 0.260 e. The maximum Gasteiger partial charge on any atom is 0.260 e. The maximum atomic E-state index is 12.0. The summed E-state index contributed by atoms with van der Waals surface area (Å²) in [5.41, 5.74) is 1.44. The monoisotopic (exact) mass is 244 g/mol. The number of rotatable bonds is 3. The third kappa shape index (κ3) is 1.67. The van der Waals surface area contributed by atoms with Crippen LogP contribution in [0.5, 0.6) is 0 Å². The van der Waals surface area contributed by atoms with E-state index in [0.29, 0.717) is 18.7 Å². The van der Waals surface area contributed by atoms with Crippen molar-refractivity contribution in [1.29, 1.82) is 0 Å². The van der Waals surface area contributed by atoms with E-state index < -0.39 is 6.10 Å². The molecule has 1 aromatic heterocycles. The lowest BCUT2D eigenvalue weighted by atomic mass is 10.1. The van der Waals surface area contributed by atoms with Gasteiger partial charge in [0, 0.05) is 12.1 Å². The van der Waals surface area contributed by atoms with Gasteiger partial charge in [-0.1, -0.05) is 18.2 Å². The third-order valence-corrected chi connectivity index (χ3v) is 3.04. The van der Waals surface area contributed by atoms with Crippen LogP contribution in [0.2, 0.25) is 0 Å². The van der Waals surface area contributed by atoms with Crippen molar-refractivity contribution in [3.05, 3.63) is 42.5 Å². The van der Waals surface area contributed by atoms with Gasteiger partial charge in [0.15, 0.2) is 6.10 Å². The van der Waals surface area contributed by atoms with Crippen molar-refractivity contribution in [2.45, 2.75) is 12.6 Å². The van der Waals surface area contributed by atoms with Crippen LogP contribution < -0.4 is 4.90 Å². The van der Waals surface area contributed by atoms with Crippen LogP contribution in [0.25, 0.3) is 0 Å². The topological polar surface area (TPSA) is 71.2 Å². The lowest BCUT2D eigenvalue weighted by molar-refractivity contribution is -0.125. The number of aromatic nitrogens is 3. The molecule has 1 unspecified atom stereocenters. The molecule has 6 nitrogen and oxygen atoms in total. The van der Waals surface area contributed by atoms with E-state index >= 15 is 0 Å². The number of aliphatic hydroxyl groups is 1. The summed E-state index contributed by atoms with van der Waals surface area (Å²) in [5.74, 6) is -0.281. The van der Waals surface area contributed by atoms with E-state index in [1.165, 1.54) is 6.33 Å². The Labute approximate surface area is 103 Å². The molecule has 18 heavy (non-hydrogen) atoms. The zero-order valence-corrected chi connectivity index (χ0v) is 9.60. The van der Waals surface area contributed by atoms with Crippen LogP contribution in [0.3, 0.4) is 0 Å². The molecule has 0 saturated heterocycles. The van der Waals surface area contributed by atoms with E-state index in [0.717, 1.165) is 5.69 Å². The Hall–Kier alpha value is -2.21. The summed E-state index contributed by atoms with van der Waals surface area (Å²) in [4.78, 5) is 17.4. The quantitative estimate of drug-likeness (QED) is 0.846. The fraction of sp³-hybridized carbons (Fsp3) is 0.250. The van der Waals surface area contributed by atoms with Gasteiger partial charge >= 0.3 is 0 Å². The summed E-state index contributed by atoms with van der Waals surface area (Å²) in [5, 5.41) is 13.8. The molecule has 1 atom stereocenters. The molecule has 0 radical (unpaired) electrons. The van der Waals surface area contributed by atoms with Crippen LogP contribution >= 0.6 is 0 Å². The number of para-hydroxylation sites is 1. The number of carbonyl (C=O) groups excluding carboxylic acids is 1. The molecule has 0 bridgehead atoms. The molecule has 6 heteroatoms. The van der Waals surface area contributed by atoms with E-state index in [-0.39, 0.29) is 5.91 Å². The number of benzene rings is 1. The number of hydrogen-bond acceptors (Lipinski definition) is 4. The van der Waals surface area contributed by atoms with Crippen molar-refractivity contribution in [1.82, 2.24) is 14.8 Å². The Bertz CT molecular complexity index is 567. The van der Waals surface area contributed by atoms with Gasteiger partial charge in [0.1, 0.15) is 12.7 Å². The Morgan fingerprint density at radius 2 is 2.11 bits per heavy atom. The molecule has 2 aromatic rings. The van der Waals surface area contributed by atoms with Gasteiger partial charge in [0.2, 0.25) is 0 Å². The summed E-state index contributed by atoms with van der Waals surface area (Å²) >= 11 is 0. The molecule has 0 aliphatic carbocycles.